The minimum Gasteiger partial charge on any atom is -0.391 e. The van der Waals surface area contributed by atoms with Crippen molar-refractivity contribution in [2.45, 2.75) is 19.1 Å². The molecule has 0 spiro atoms. The molecule has 2 rings (SSSR count). The van der Waals surface area contributed by atoms with Crippen molar-refractivity contribution >= 4 is 5.69 Å². The maximum absolute atomic E-state index is 10.7. The van der Waals surface area contributed by atoms with Crippen LogP contribution in [0.2, 0.25) is 0 Å². The molecule has 0 aliphatic carbocycles. The standard InChI is InChI=1S/C11H12N4O4/c1-6(16)9(12)11-13-10(14-19-11)7-3-2-4-8(5-7)15(17)18/h2-6,9,16H,12H2,1H3/t6-,9+/m1/s1. The number of aliphatic hydroxyl groups is 1. The van der Waals surface area contributed by atoms with Crippen molar-refractivity contribution in [2.24, 2.45) is 5.73 Å². The molecule has 0 amide bonds. The Labute approximate surface area is 108 Å². The lowest BCUT2D eigenvalue weighted by atomic mass is 10.2. The molecule has 0 radical (unpaired) electrons. The first-order valence-corrected chi connectivity index (χ1v) is 5.51. The Hall–Kier alpha value is -2.32. The number of nitro groups is 1. The fourth-order valence-corrected chi connectivity index (χ4v) is 1.45. The molecule has 0 unspecified atom stereocenters. The van der Waals surface area contributed by atoms with E-state index in [0.29, 0.717) is 5.56 Å². The van der Waals surface area contributed by atoms with Crippen LogP contribution in [0.15, 0.2) is 28.8 Å². The summed E-state index contributed by atoms with van der Waals surface area (Å²) in [6.07, 6.45) is -0.835. The van der Waals surface area contributed by atoms with Crippen molar-refractivity contribution < 1.29 is 14.6 Å². The van der Waals surface area contributed by atoms with Crippen LogP contribution < -0.4 is 5.73 Å². The molecular weight excluding hydrogens is 252 g/mol. The highest BCUT2D eigenvalue weighted by molar-refractivity contribution is 5.58. The Balaban J connectivity index is 2.33. The van der Waals surface area contributed by atoms with E-state index in [1.165, 1.54) is 25.1 Å². The quantitative estimate of drug-likeness (QED) is 0.623. The Morgan fingerprint density at radius 1 is 1.53 bits per heavy atom. The Bertz CT molecular complexity index is 596. The van der Waals surface area contributed by atoms with Crippen LogP contribution in [0.25, 0.3) is 11.4 Å². The van der Waals surface area contributed by atoms with Gasteiger partial charge in [0.2, 0.25) is 11.7 Å². The van der Waals surface area contributed by atoms with Crippen LogP contribution in [0.1, 0.15) is 18.9 Å². The Morgan fingerprint density at radius 2 is 2.26 bits per heavy atom. The summed E-state index contributed by atoms with van der Waals surface area (Å²) in [5.41, 5.74) is 6.03. The second-order valence-corrected chi connectivity index (χ2v) is 4.03. The summed E-state index contributed by atoms with van der Waals surface area (Å²) in [4.78, 5) is 14.2. The summed E-state index contributed by atoms with van der Waals surface area (Å²) in [5.74, 6) is 0.270. The molecule has 1 heterocycles. The van der Waals surface area contributed by atoms with Crippen molar-refractivity contribution in [3.63, 3.8) is 0 Å². The van der Waals surface area contributed by atoms with Gasteiger partial charge in [0.05, 0.1) is 11.0 Å². The number of aliphatic hydroxyl groups excluding tert-OH is 1. The van der Waals surface area contributed by atoms with Gasteiger partial charge in [0, 0.05) is 17.7 Å². The van der Waals surface area contributed by atoms with Crippen LogP contribution in [0.4, 0.5) is 5.69 Å². The van der Waals surface area contributed by atoms with E-state index < -0.39 is 17.1 Å². The molecule has 0 aliphatic heterocycles. The van der Waals surface area contributed by atoms with Crippen molar-refractivity contribution in [3.8, 4) is 11.4 Å². The van der Waals surface area contributed by atoms with E-state index in [1.54, 1.807) is 6.07 Å². The van der Waals surface area contributed by atoms with E-state index in [0.717, 1.165) is 0 Å². The van der Waals surface area contributed by atoms with E-state index in [4.69, 9.17) is 10.3 Å². The van der Waals surface area contributed by atoms with Crippen molar-refractivity contribution in [2.75, 3.05) is 0 Å². The summed E-state index contributed by atoms with van der Waals surface area (Å²) >= 11 is 0. The van der Waals surface area contributed by atoms with E-state index in [1.807, 2.05) is 0 Å². The summed E-state index contributed by atoms with van der Waals surface area (Å²) in [6, 6.07) is 5.06. The van der Waals surface area contributed by atoms with Crippen molar-refractivity contribution in [1.82, 2.24) is 10.1 Å². The topological polar surface area (TPSA) is 128 Å². The minimum atomic E-state index is -0.835. The lowest BCUT2D eigenvalue weighted by Gasteiger charge is -2.08. The second-order valence-electron chi connectivity index (χ2n) is 4.03. The summed E-state index contributed by atoms with van der Waals surface area (Å²) in [6.45, 7) is 1.50. The van der Waals surface area contributed by atoms with Crippen LogP contribution in [0.5, 0.6) is 0 Å². The van der Waals surface area contributed by atoms with E-state index in [2.05, 4.69) is 10.1 Å². The van der Waals surface area contributed by atoms with Gasteiger partial charge in [0.15, 0.2) is 0 Å². The SMILES string of the molecule is C[C@@H](O)[C@H](N)c1nc(-c2cccc([N+](=O)[O-])c2)no1. The first-order valence-electron chi connectivity index (χ1n) is 5.51. The molecule has 8 heteroatoms. The number of benzene rings is 1. The number of hydrogen-bond acceptors (Lipinski definition) is 7. The zero-order valence-corrected chi connectivity index (χ0v) is 10.1. The van der Waals surface area contributed by atoms with Gasteiger partial charge in [0.1, 0.15) is 6.04 Å². The van der Waals surface area contributed by atoms with Crippen LogP contribution >= 0.6 is 0 Å². The summed E-state index contributed by atoms with van der Waals surface area (Å²) in [7, 11) is 0. The average Bonchev–Trinajstić information content (AvgIpc) is 2.87. The molecule has 100 valence electrons. The highest BCUT2D eigenvalue weighted by atomic mass is 16.6. The molecule has 0 saturated heterocycles. The Morgan fingerprint density at radius 3 is 2.89 bits per heavy atom. The van der Waals surface area contributed by atoms with Crippen LogP contribution in [-0.2, 0) is 0 Å². The highest BCUT2D eigenvalue weighted by Crippen LogP contribution is 2.23. The van der Waals surface area contributed by atoms with Gasteiger partial charge in [0.25, 0.3) is 5.69 Å². The molecule has 0 saturated carbocycles. The molecule has 19 heavy (non-hydrogen) atoms. The van der Waals surface area contributed by atoms with E-state index in [-0.39, 0.29) is 17.4 Å². The smallest absolute Gasteiger partial charge is 0.270 e. The van der Waals surface area contributed by atoms with E-state index in [9.17, 15) is 15.2 Å². The van der Waals surface area contributed by atoms with Gasteiger partial charge in [-0.25, -0.2) is 0 Å². The van der Waals surface area contributed by atoms with E-state index >= 15 is 0 Å². The first-order chi connectivity index (χ1) is 8.99. The first kappa shape index (κ1) is 13.1. The van der Waals surface area contributed by atoms with Gasteiger partial charge >= 0.3 is 0 Å². The van der Waals surface area contributed by atoms with Crippen LogP contribution in [-0.4, -0.2) is 26.3 Å². The van der Waals surface area contributed by atoms with Gasteiger partial charge in [-0.15, -0.1) is 0 Å². The van der Waals surface area contributed by atoms with Gasteiger partial charge in [-0.1, -0.05) is 17.3 Å². The summed E-state index contributed by atoms with van der Waals surface area (Å²) < 4.78 is 4.93. The molecule has 1 aromatic heterocycles. The van der Waals surface area contributed by atoms with Gasteiger partial charge < -0.3 is 15.4 Å². The predicted molar refractivity (Wildman–Crippen MR) is 65.0 cm³/mol. The van der Waals surface area contributed by atoms with Crippen molar-refractivity contribution in [1.29, 1.82) is 0 Å². The Kier molecular flexibility index (Phi) is 3.54. The van der Waals surface area contributed by atoms with Crippen molar-refractivity contribution in [3.05, 3.63) is 40.3 Å². The molecule has 3 N–H and O–H groups in total. The van der Waals surface area contributed by atoms with Gasteiger partial charge in [-0.05, 0) is 6.92 Å². The third kappa shape index (κ3) is 2.75. The predicted octanol–water partition coefficient (Wildman–Crippen LogP) is 1.03. The highest BCUT2D eigenvalue weighted by Gasteiger charge is 2.20. The molecule has 0 fully saturated rings. The molecule has 2 aromatic rings. The number of nitrogens with two attached hydrogens (primary N) is 1. The lowest BCUT2D eigenvalue weighted by molar-refractivity contribution is -0.384. The minimum absolute atomic E-state index is 0.0660. The fraction of sp³-hybridized carbons (Fsp3) is 0.273. The maximum Gasteiger partial charge on any atom is 0.270 e. The average molecular weight is 264 g/mol. The largest absolute Gasteiger partial charge is 0.391 e. The third-order valence-corrected chi connectivity index (χ3v) is 2.56. The number of non-ortho nitro benzene ring substituents is 1. The summed E-state index contributed by atoms with van der Waals surface area (Å²) in [5, 5.41) is 23.7. The number of hydrogen-bond donors (Lipinski definition) is 2. The van der Waals surface area contributed by atoms with Gasteiger partial charge in [-0.3, -0.25) is 10.1 Å². The fourth-order valence-electron chi connectivity index (χ4n) is 1.45. The number of rotatable bonds is 4. The molecule has 1 aromatic carbocycles. The molecule has 8 nitrogen and oxygen atoms in total. The third-order valence-electron chi connectivity index (χ3n) is 2.56. The van der Waals surface area contributed by atoms with Crippen LogP contribution in [0.3, 0.4) is 0 Å². The number of nitrogens with zero attached hydrogens (tertiary/aromatic N) is 3. The van der Waals surface area contributed by atoms with Crippen LogP contribution in [0, 0.1) is 10.1 Å². The molecule has 0 bridgehead atoms. The number of aromatic nitrogens is 2. The maximum atomic E-state index is 10.7. The second kappa shape index (κ2) is 5.12. The normalized spacial score (nSPS) is 14.1. The lowest BCUT2D eigenvalue weighted by Crippen LogP contribution is -2.23. The number of nitro benzene ring substituents is 1. The zero-order chi connectivity index (χ0) is 14.0. The molecular formula is C11H12N4O4. The zero-order valence-electron chi connectivity index (χ0n) is 10.1. The molecule has 2 atom stereocenters. The monoisotopic (exact) mass is 264 g/mol. The molecule has 0 aliphatic rings. The van der Waals surface area contributed by atoms with Gasteiger partial charge in [-0.2, -0.15) is 4.98 Å².